The summed E-state index contributed by atoms with van der Waals surface area (Å²) < 4.78 is 0. The number of carbonyl (C=O) groups is 1. The number of piperazine rings is 1. The van der Waals surface area contributed by atoms with Gasteiger partial charge in [0.05, 0.1) is 11.6 Å². The van der Waals surface area contributed by atoms with E-state index in [0.29, 0.717) is 11.1 Å². The molecule has 0 saturated carbocycles. The average molecular weight is 272 g/mol. The molecule has 1 N–H and O–H groups in total. The molecule has 5 heteroatoms. The molecule has 2 rings (SSSR count). The molecule has 106 valence electrons. The van der Waals surface area contributed by atoms with Gasteiger partial charge in [-0.05, 0) is 37.9 Å². The van der Waals surface area contributed by atoms with Crippen molar-refractivity contribution in [3.63, 3.8) is 0 Å². The fourth-order valence-corrected chi connectivity index (χ4v) is 2.39. The van der Waals surface area contributed by atoms with Crippen LogP contribution in [0.1, 0.15) is 21.5 Å². The maximum absolute atomic E-state index is 12.5. The predicted molar refractivity (Wildman–Crippen MR) is 77.3 cm³/mol. The van der Waals surface area contributed by atoms with Crippen molar-refractivity contribution < 1.29 is 4.79 Å². The van der Waals surface area contributed by atoms with E-state index in [4.69, 9.17) is 5.26 Å². The Labute approximate surface area is 119 Å². The summed E-state index contributed by atoms with van der Waals surface area (Å²) in [5.41, 5.74) is 2.15. The van der Waals surface area contributed by atoms with Gasteiger partial charge < -0.3 is 15.1 Å². The third-order valence-corrected chi connectivity index (χ3v) is 3.27. The SMILES string of the molecule is CN(C)Cc1cc(C#N)cc(C(=O)N2CCNCC2)c1. The van der Waals surface area contributed by atoms with E-state index >= 15 is 0 Å². The quantitative estimate of drug-likeness (QED) is 0.878. The number of nitrogens with zero attached hydrogens (tertiary/aromatic N) is 3. The van der Waals surface area contributed by atoms with E-state index in [1.54, 1.807) is 6.07 Å². The molecule has 1 fully saturated rings. The van der Waals surface area contributed by atoms with Crippen LogP contribution in [0.2, 0.25) is 0 Å². The third-order valence-electron chi connectivity index (χ3n) is 3.27. The molecule has 1 aliphatic rings. The van der Waals surface area contributed by atoms with E-state index in [-0.39, 0.29) is 5.91 Å². The highest BCUT2D eigenvalue weighted by atomic mass is 16.2. The highest BCUT2D eigenvalue weighted by Gasteiger charge is 2.18. The summed E-state index contributed by atoms with van der Waals surface area (Å²) in [6.07, 6.45) is 0. The molecule has 5 nitrogen and oxygen atoms in total. The molecule has 1 aromatic carbocycles. The van der Waals surface area contributed by atoms with Gasteiger partial charge in [0.2, 0.25) is 0 Å². The van der Waals surface area contributed by atoms with E-state index in [1.807, 2.05) is 36.0 Å². The maximum atomic E-state index is 12.5. The molecule has 20 heavy (non-hydrogen) atoms. The molecule has 0 spiro atoms. The van der Waals surface area contributed by atoms with Crippen LogP contribution >= 0.6 is 0 Å². The molecule has 0 atom stereocenters. The van der Waals surface area contributed by atoms with Crippen LogP contribution in [0.4, 0.5) is 0 Å². The van der Waals surface area contributed by atoms with Crippen molar-refractivity contribution in [3.05, 3.63) is 34.9 Å². The van der Waals surface area contributed by atoms with Gasteiger partial charge in [-0.2, -0.15) is 5.26 Å². The number of amides is 1. The first-order valence-corrected chi connectivity index (χ1v) is 6.79. The fraction of sp³-hybridized carbons (Fsp3) is 0.467. The van der Waals surface area contributed by atoms with Crippen LogP contribution in [-0.4, -0.2) is 56.0 Å². The zero-order valence-corrected chi connectivity index (χ0v) is 12.0. The number of rotatable bonds is 3. The highest BCUT2D eigenvalue weighted by Crippen LogP contribution is 2.14. The Morgan fingerprint density at radius 3 is 2.65 bits per heavy atom. The fourth-order valence-electron chi connectivity index (χ4n) is 2.39. The second-order valence-electron chi connectivity index (χ2n) is 5.31. The Kier molecular flexibility index (Phi) is 4.72. The summed E-state index contributed by atoms with van der Waals surface area (Å²) in [4.78, 5) is 16.3. The molecule has 0 aromatic heterocycles. The molecule has 1 aromatic rings. The van der Waals surface area contributed by atoms with Gasteiger partial charge in [-0.3, -0.25) is 4.79 Å². The smallest absolute Gasteiger partial charge is 0.253 e. The minimum atomic E-state index is 0.0172. The van der Waals surface area contributed by atoms with Crippen LogP contribution in [0.3, 0.4) is 0 Å². The highest BCUT2D eigenvalue weighted by molar-refractivity contribution is 5.94. The van der Waals surface area contributed by atoms with Crippen molar-refractivity contribution in [1.82, 2.24) is 15.1 Å². The monoisotopic (exact) mass is 272 g/mol. The molecule has 1 saturated heterocycles. The standard InChI is InChI=1S/C15H20N4O/c1-18(2)11-13-7-12(10-16)8-14(9-13)15(20)19-5-3-17-4-6-19/h7-9,17H,3-6,11H2,1-2H3. The number of hydrogen-bond acceptors (Lipinski definition) is 4. The Morgan fingerprint density at radius 1 is 1.35 bits per heavy atom. The minimum absolute atomic E-state index is 0.0172. The van der Waals surface area contributed by atoms with Crippen LogP contribution in [0.15, 0.2) is 18.2 Å². The average Bonchev–Trinajstić information content (AvgIpc) is 2.46. The van der Waals surface area contributed by atoms with Crippen molar-refractivity contribution in [1.29, 1.82) is 5.26 Å². The number of carbonyl (C=O) groups excluding carboxylic acids is 1. The van der Waals surface area contributed by atoms with Gasteiger partial charge in [0.15, 0.2) is 0 Å². The first-order chi connectivity index (χ1) is 9.60. The van der Waals surface area contributed by atoms with Gasteiger partial charge in [-0.1, -0.05) is 0 Å². The summed E-state index contributed by atoms with van der Waals surface area (Å²) in [6.45, 7) is 3.82. The lowest BCUT2D eigenvalue weighted by atomic mass is 10.0. The van der Waals surface area contributed by atoms with Gasteiger partial charge >= 0.3 is 0 Å². The topological polar surface area (TPSA) is 59.4 Å². The summed E-state index contributed by atoms with van der Waals surface area (Å²) in [5, 5.41) is 12.3. The van der Waals surface area contributed by atoms with Gasteiger partial charge in [-0.15, -0.1) is 0 Å². The lowest BCUT2D eigenvalue weighted by Gasteiger charge is -2.27. The van der Waals surface area contributed by atoms with Crippen molar-refractivity contribution in [3.8, 4) is 6.07 Å². The van der Waals surface area contributed by atoms with Gasteiger partial charge in [-0.25, -0.2) is 0 Å². The number of benzene rings is 1. The molecule has 1 heterocycles. The maximum Gasteiger partial charge on any atom is 0.253 e. The molecular formula is C15H20N4O. The second kappa shape index (κ2) is 6.51. The Balaban J connectivity index is 2.25. The normalized spacial score (nSPS) is 15.2. The number of hydrogen-bond donors (Lipinski definition) is 1. The Morgan fingerprint density at radius 2 is 2.05 bits per heavy atom. The van der Waals surface area contributed by atoms with Crippen molar-refractivity contribution >= 4 is 5.91 Å². The Hall–Kier alpha value is -1.90. The number of nitrogens with one attached hydrogen (secondary N) is 1. The van der Waals surface area contributed by atoms with E-state index in [2.05, 4.69) is 11.4 Å². The first kappa shape index (κ1) is 14.5. The molecule has 0 unspecified atom stereocenters. The second-order valence-corrected chi connectivity index (χ2v) is 5.31. The van der Waals surface area contributed by atoms with Crippen LogP contribution in [0.25, 0.3) is 0 Å². The van der Waals surface area contributed by atoms with Crippen LogP contribution in [0, 0.1) is 11.3 Å². The first-order valence-electron chi connectivity index (χ1n) is 6.79. The Bertz CT molecular complexity index is 527. The summed E-state index contributed by atoms with van der Waals surface area (Å²) in [6, 6.07) is 7.56. The zero-order chi connectivity index (χ0) is 14.5. The molecule has 1 amide bonds. The van der Waals surface area contributed by atoms with Crippen LogP contribution < -0.4 is 5.32 Å². The lowest BCUT2D eigenvalue weighted by Crippen LogP contribution is -2.46. The third kappa shape index (κ3) is 3.56. The predicted octanol–water partition coefficient (Wildman–Crippen LogP) is 0.665. The van der Waals surface area contributed by atoms with Crippen molar-refractivity contribution in [2.24, 2.45) is 0 Å². The largest absolute Gasteiger partial charge is 0.336 e. The minimum Gasteiger partial charge on any atom is -0.336 e. The van der Waals surface area contributed by atoms with Gasteiger partial charge in [0.1, 0.15) is 0 Å². The summed E-state index contributed by atoms with van der Waals surface area (Å²) in [5.74, 6) is 0.0172. The van der Waals surface area contributed by atoms with Crippen LogP contribution in [0.5, 0.6) is 0 Å². The summed E-state index contributed by atoms with van der Waals surface area (Å²) in [7, 11) is 3.94. The molecular weight excluding hydrogens is 252 g/mol. The molecule has 0 bridgehead atoms. The van der Waals surface area contributed by atoms with Crippen LogP contribution in [-0.2, 0) is 6.54 Å². The summed E-state index contributed by atoms with van der Waals surface area (Å²) >= 11 is 0. The molecule has 0 aliphatic carbocycles. The van der Waals surface area contributed by atoms with E-state index in [0.717, 1.165) is 38.3 Å². The van der Waals surface area contributed by atoms with Crippen molar-refractivity contribution in [2.75, 3.05) is 40.3 Å². The van der Waals surface area contributed by atoms with E-state index in [9.17, 15) is 4.79 Å². The molecule has 0 radical (unpaired) electrons. The van der Waals surface area contributed by atoms with E-state index < -0.39 is 0 Å². The number of nitriles is 1. The van der Waals surface area contributed by atoms with Gasteiger partial charge in [0, 0.05) is 38.3 Å². The lowest BCUT2D eigenvalue weighted by molar-refractivity contribution is 0.0735. The van der Waals surface area contributed by atoms with Crippen molar-refractivity contribution in [2.45, 2.75) is 6.54 Å². The zero-order valence-electron chi connectivity index (χ0n) is 12.0. The molecule has 1 aliphatic heterocycles. The van der Waals surface area contributed by atoms with E-state index in [1.165, 1.54) is 0 Å². The van der Waals surface area contributed by atoms with Gasteiger partial charge in [0.25, 0.3) is 5.91 Å².